The van der Waals surface area contributed by atoms with E-state index in [9.17, 15) is 23.3 Å². The number of non-ortho nitro benzene ring substituents is 1. The Bertz CT molecular complexity index is 613. The molecular weight excluding hydrogens is 303 g/mol. The Hall–Kier alpha value is -0.364. The molecule has 0 saturated carbocycles. The molecule has 1 rings (SSSR count). The summed E-state index contributed by atoms with van der Waals surface area (Å²) < 4.78 is 31.2. The first-order valence-electron chi connectivity index (χ1n) is 4.62. The number of nitro benzene ring substituents is 1. The van der Waals surface area contributed by atoms with E-state index in [0.717, 1.165) is 17.0 Å². The smallest absolute Gasteiger partial charge is 0.345 e. The van der Waals surface area contributed by atoms with Crippen LogP contribution in [0, 0.1) is 10.1 Å². The zero-order valence-electron chi connectivity index (χ0n) is 10.5. The van der Waals surface area contributed by atoms with Crippen LogP contribution in [0.15, 0.2) is 23.1 Å². The summed E-state index contributed by atoms with van der Waals surface area (Å²) in [7, 11) is -1.95. The molecule has 0 radical (unpaired) electrons. The van der Waals surface area contributed by atoms with Crippen molar-refractivity contribution in [3.63, 3.8) is 0 Å². The number of nitro groups is 1. The molecule has 0 unspecified atom stereocenters. The van der Waals surface area contributed by atoms with E-state index in [1.807, 2.05) is 0 Å². The van der Waals surface area contributed by atoms with Crippen molar-refractivity contribution in [2.24, 2.45) is 0 Å². The quantitative estimate of drug-likeness (QED) is 0.286. The van der Waals surface area contributed by atoms with Crippen LogP contribution in [-0.2, 0) is 10.1 Å². The normalized spacial score (nSPS) is 10.5. The fraction of sp³-hybridized carbons (Fsp3) is 0.222. The van der Waals surface area contributed by atoms with Gasteiger partial charge in [0, 0.05) is 26.2 Å². The molecule has 19 heavy (non-hydrogen) atoms. The van der Waals surface area contributed by atoms with Crippen LogP contribution in [0.5, 0.6) is 0 Å². The van der Waals surface area contributed by atoms with Crippen LogP contribution in [0.2, 0.25) is 0 Å². The van der Waals surface area contributed by atoms with Crippen LogP contribution < -0.4 is 51.4 Å². The van der Waals surface area contributed by atoms with Crippen LogP contribution in [0.25, 0.3) is 0 Å². The first-order valence-corrected chi connectivity index (χ1v) is 6.06. The number of amides is 1. The predicted octanol–water partition coefficient (Wildman–Crippen LogP) is -2.45. The molecular formula is C9H10KN2O6S+. The summed E-state index contributed by atoms with van der Waals surface area (Å²) >= 11 is 0. The summed E-state index contributed by atoms with van der Waals surface area (Å²) in [4.78, 5) is 21.7. The van der Waals surface area contributed by atoms with Gasteiger partial charge in [-0.25, -0.2) is 0 Å². The van der Waals surface area contributed by atoms with Gasteiger partial charge in [-0.3, -0.25) is 19.5 Å². The largest absolute Gasteiger partial charge is 1.00 e. The van der Waals surface area contributed by atoms with E-state index in [1.54, 1.807) is 0 Å². The fourth-order valence-corrected chi connectivity index (χ4v) is 1.96. The first-order chi connectivity index (χ1) is 8.14. The monoisotopic (exact) mass is 313 g/mol. The van der Waals surface area contributed by atoms with Gasteiger partial charge in [-0.05, 0) is 6.07 Å². The zero-order chi connectivity index (χ0) is 14.1. The Labute approximate surface area is 152 Å². The maximum absolute atomic E-state index is 11.7. The molecule has 10 heteroatoms. The molecule has 0 fully saturated rings. The van der Waals surface area contributed by atoms with Crippen molar-refractivity contribution in [3.05, 3.63) is 33.9 Å². The third-order valence-corrected chi connectivity index (χ3v) is 2.98. The van der Waals surface area contributed by atoms with Crippen LogP contribution in [0.1, 0.15) is 10.4 Å². The number of hydrogen-bond donors (Lipinski definition) is 1. The minimum Gasteiger partial charge on any atom is -0.345 e. The molecule has 8 nitrogen and oxygen atoms in total. The van der Waals surface area contributed by atoms with E-state index in [4.69, 9.17) is 4.55 Å². The average molecular weight is 313 g/mol. The van der Waals surface area contributed by atoms with Crippen LogP contribution >= 0.6 is 0 Å². The summed E-state index contributed by atoms with van der Waals surface area (Å²) in [6.45, 7) is 0. The molecule has 98 valence electrons. The number of hydrogen-bond acceptors (Lipinski definition) is 5. The van der Waals surface area contributed by atoms with Gasteiger partial charge in [0.25, 0.3) is 21.7 Å². The third-order valence-electron chi connectivity index (χ3n) is 2.09. The summed E-state index contributed by atoms with van der Waals surface area (Å²) in [6.07, 6.45) is 0. The Morgan fingerprint density at radius 1 is 1.37 bits per heavy atom. The minimum absolute atomic E-state index is 0. The van der Waals surface area contributed by atoms with E-state index in [-0.39, 0.29) is 56.9 Å². The number of nitrogens with zero attached hydrogens (tertiary/aromatic N) is 2. The van der Waals surface area contributed by atoms with E-state index < -0.39 is 31.5 Å². The molecule has 1 amide bonds. The van der Waals surface area contributed by atoms with Crippen LogP contribution in [0.4, 0.5) is 5.69 Å². The van der Waals surface area contributed by atoms with Crippen LogP contribution in [0.3, 0.4) is 0 Å². The molecule has 0 atom stereocenters. The molecule has 0 heterocycles. The van der Waals surface area contributed by atoms with Gasteiger partial charge in [0.05, 0.1) is 10.5 Å². The van der Waals surface area contributed by atoms with Crippen molar-refractivity contribution in [2.45, 2.75) is 4.90 Å². The molecule has 1 aromatic carbocycles. The molecule has 0 aliphatic rings. The minimum atomic E-state index is -4.72. The topological polar surface area (TPSA) is 118 Å². The van der Waals surface area contributed by atoms with Crippen LogP contribution in [-0.4, -0.2) is 42.8 Å². The molecule has 1 N–H and O–H groups in total. The van der Waals surface area contributed by atoms with Gasteiger partial charge in [0.2, 0.25) is 0 Å². The number of carbonyl (C=O) groups is 1. The van der Waals surface area contributed by atoms with E-state index in [2.05, 4.69) is 0 Å². The standard InChI is InChI=1S/C9H10N2O6S.K/c1-10(2)9(12)7-4-3-6(11(13)14)5-8(7)18(15,16)17;/h3-5H,1-2H3,(H,15,16,17);/q;+1. The average Bonchev–Trinajstić information content (AvgIpc) is 2.25. The molecule has 0 spiro atoms. The van der Waals surface area contributed by atoms with Gasteiger partial charge in [-0.15, -0.1) is 0 Å². The third kappa shape index (κ3) is 4.59. The van der Waals surface area contributed by atoms with Crippen molar-refractivity contribution < 1.29 is 74.1 Å². The number of rotatable bonds is 3. The van der Waals surface area contributed by atoms with E-state index in [1.165, 1.54) is 14.1 Å². The summed E-state index contributed by atoms with van der Waals surface area (Å²) in [5, 5.41) is 10.5. The maximum atomic E-state index is 11.7. The van der Waals surface area contributed by atoms with Crippen molar-refractivity contribution in [3.8, 4) is 0 Å². The Balaban J connectivity index is 0.00000324. The second kappa shape index (κ2) is 6.88. The molecule has 0 aromatic heterocycles. The zero-order valence-corrected chi connectivity index (χ0v) is 14.5. The predicted molar refractivity (Wildman–Crippen MR) is 60.9 cm³/mol. The van der Waals surface area contributed by atoms with Gasteiger partial charge in [0.1, 0.15) is 4.90 Å². The summed E-state index contributed by atoms with van der Waals surface area (Å²) in [6, 6.07) is 2.63. The van der Waals surface area contributed by atoms with Crippen molar-refractivity contribution in [1.29, 1.82) is 0 Å². The van der Waals surface area contributed by atoms with E-state index >= 15 is 0 Å². The Kier molecular flexibility index (Phi) is 6.75. The molecule has 0 aliphatic carbocycles. The van der Waals surface area contributed by atoms with Crippen molar-refractivity contribution in [1.82, 2.24) is 4.90 Å². The second-order valence-corrected chi connectivity index (χ2v) is 5.00. The number of benzene rings is 1. The fourth-order valence-electron chi connectivity index (χ4n) is 1.26. The van der Waals surface area contributed by atoms with Crippen molar-refractivity contribution >= 4 is 21.7 Å². The maximum Gasteiger partial charge on any atom is 1.00 e. The molecule has 0 bridgehead atoms. The first kappa shape index (κ1) is 18.6. The van der Waals surface area contributed by atoms with Gasteiger partial charge in [-0.1, -0.05) is 0 Å². The summed E-state index contributed by atoms with van der Waals surface area (Å²) in [5.41, 5.74) is -0.856. The molecule has 0 aliphatic heterocycles. The Morgan fingerprint density at radius 2 is 1.89 bits per heavy atom. The number of carbonyl (C=O) groups excluding carboxylic acids is 1. The second-order valence-electron chi connectivity index (χ2n) is 3.61. The summed E-state index contributed by atoms with van der Waals surface area (Å²) in [5.74, 6) is -0.683. The Morgan fingerprint density at radius 3 is 2.26 bits per heavy atom. The van der Waals surface area contributed by atoms with Crippen molar-refractivity contribution in [2.75, 3.05) is 14.1 Å². The molecule has 1 aromatic rings. The van der Waals surface area contributed by atoms with E-state index in [0.29, 0.717) is 6.07 Å². The van der Waals surface area contributed by atoms with Gasteiger partial charge in [-0.2, -0.15) is 8.42 Å². The van der Waals surface area contributed by atoms with Gasteiger partial charge in [0.15, 0.2) is 0 Å². The van der Waals surface area contributed by atoms with Gasteiger partial charge >= 0.3 is 51.4 Å². The molecule has 0 saturated heterocycles. The van der Waals surface area contributed by atoms with Gasteiger partial charge < -0.3 is 4.90 Å². The SMILES string of the molecule is CN(C)C(=O)c1ccc([N+](=O)[O-])cc1S(=O)(=O)O.[K+].